The second-order valence-electron chi connectivity index (χ2n) is 7.10. The molecule has 0 amide bonds. The third-order valence-electron chi connectivity index (χ3n) is 5.14. The molecule has 4 rings (SSSR count). The first kappa shape index (κ1) is 17.4. The predicted molar refractivity (Wildman–Crippen MR) is 107 cm³/mol. The first-order valence-electron chi connectivity index (χ1n) is 9.02. The van der Waals surface area contributed by atoms with Crippen molar-refractivity contribution in [1.82, 2.24) is 0 Å². The van der Waals surface area contributed by atoms with E-state index in [-0.39, 0.29) is 0 Å². The summed E-state index contributed by atoms with van der Waals surface area (Å²) in [6, 6.07) is 14.3. The Balaban J connectivity index is 1.90. The van der Waals surface area contributed by atoms with Gasteiger partial charge in [0.05, 0.1) is 13.7 Å². The van der Waals surface area contributed by atoms with Crippen LogP contribution in [0.1, 0.15) is 23.1 Å². The fourth-order valence-corrected chi connectivity index (χ4v) is 4.94. The van der Waals surface area contributed by atoms with Crippen molar-refractivity contribution >= 4 is 22.6 Å². The Bertz CT molecular complexity index is 863. The summed E-state index contributed by atoms with van der Waals surface area (Å²) >= 11 is 1.81. The largest absolute Gasteiger partial charge is 0.492 e. The summed E-state index contributed by atoms with van der Waals surface area (Å²) in [4.78, 5) is 2.08. The van der Waals surface area contributed by atoms with Crippen LogP contribution >= 0.6 is 11.8 Å². The molecule has 0 saturated carbocycles. The fourth-order valence-electron chi connectivity index (χ4n) is 3.77. The van der Waals surface area contributed by atoms with Gasteiger partial charge in [-0.15, -0.1) is 0 Å². The number of nitrogens with zero attached hydrogens (tertiary/aromatic N) is 2. The number of methoxy groups -OCH3 is 1. The normalized spacial score (nSPS) is 22.5. The summed E-state index contributed by atoms with van der Waals surface area (Å²) < 4.78 is 7.95. The standard InChI is InChI=1S/C21H25N2O2S/c1-15-5-8-17(9-6-15)21(24)14-22-11-4-12-26-20(22)23(21)18-13-16(2)7-10-19(18)25-3/h5-10,13,24H,4,11-12,14H2,1-3H3/q+1. The number of anilines is 1. The van der Waals surface area contributed by atoms with Gasteiger partial charge in [-0.2, -0.15) is 4.90 Å². The number of hydrogen-bond donors (Lipinski definition) is 1. The highest BCUT2D eigenvalue weighted by atomic mass is 32.2. The van der Waals surface area contributed by atoms with Crippen LogP contribution in [0.25, 0.3) is 0 Å². The number of aryl methyl sites for hydroxylation is 2. The van der Waals surface area contributed by atoms with Crippen molar-refractivity contribution in [3.63, 3.8) is 0 Å². The highest BCUT2D eigenvalue weighted by molar-refractivity contribution is 8.14. The number of aliphatic hydroxyl groups is 1. The average molecular weight is 370 g/mol. The Hall–Kier alpha value is -1.98. The fraction of sp³-hybridized carbons (Fsp3) is 0.381. The van der Waals surface area contributed by atoms with Crippen molar-refractivity contribution < 1.29 is 14.4 Å². The Morgan fingerprint density at radius 1 is 1.12 bits per heavy atom. The van der Waals surface area contributed by atoms with E-state index in [1.807, 2.05) is 36.0 Å². The van der Waals surface area contributed by atoms with Crippen LogP contribution < -0.4 is 9.64 Å². The molecule has 0 fully saturated rings. The molecule has 2 aliphatic heterocycles. The van der Waals surface area contributed by atoms with Gasteiger partial charge in [0, 0.05) is 11.3 Å². The SMILES string of the molecule is COc1ccc(C)cc1N1C2=[N+](CCCS2)CC1(O)c1ccc(C)cc1. The van der Waals surface area contributed by atoms with E-state index < -0.39 is 5.72 Å². The average Bonchev–Trinajstić information content (AvgIpc) is 2.95. The summed E-state index contributed by atoms with van der Waals surface area (Å²) in [6.07, 6.45) is 1.14. The molecule has 0 spiro atoms. The zero-order valence-electron chi connectivity index (χ0n) is 15.5. The lowest BCUT2D eigenvalue weighted by atomic mass is 9.99. The summed E-state index contributed by atoms with van der Waals surface area (Å²) in [6.45, 7) is 5.68. The Morgan fingerprint density at radius 3 is 2.58 bits per heavy atom. The van der Waals surface area contributed by atoms with Gasteiger partial charge in [0.25, 0.3) is 5.72 Å². The predicted octanol–water partition coefficient (Wildman–Crippen LogP) is 3.48. The second kappa shape index (κ2) is 6.63. The van der Waals surface area contributed by atoms with Crippen LogP contribution in [0.3, 0.4) is 0 Å². The van der Waals surface area contributed by atoms with Gasteiger partial charge in [0.1, 0.15) is 0 Å². The second-order valence-corrected chi connectivity index (χ2v) is 8.16. The lowest BCUT2D eigenvalue weighted by Gasteiger charge is -2.29. The first-order chi connectivity index (χ1) is 12.5. The van der Waals surface area contributed by atoms with Gasteiger partial charge in [-0.1, -0.05) is 35.9 Å². The van der Waals surface area contributed by atoms with Crippen LogP contribution in [-0.2, 0) is 5.72 Å². The summed E-state index contributed by atoms with van der Waals surface area (Å²) in [5, 5.41) is 13.0. The Kier molecular flexibility index (Phi) is 4.45. The van der Waals surface area contributed by atoms with Crippen molar-refractivity contribution in [3.8, 4) is 5.75 Å². The third-order valence-corrected chi connectivity index (χ3v) is 6.33. The minimum absolute atomic E-state index is 0.565. The maximum absolute atomic E-state index is 11.9. The van der Waals surface area contributed by atoms with Crippen molar-refractivity contribution in [1.29, 1.82) is 0 Å². The summed E-state index contributed by atoms with van der Waals surface area (Å²) in [5.41, 5.74) is 3.06. The van der Waals surface area contributed by atoms with E-state index in [4.69, 9.17) is 4.74 Å². The van der Waals surface area contributed by atoms with Gasteiger partial charge in [-0.25, -0.2) is 4.58 Å². The number of thioether (sulfide) groups is 1. The molecule has 0 bridgehead atoms. The van der Waals surface area contributed by atoms with Gasteiger partial charge >= 0.3 is 5.17 Å². The third kappa shape index (κ3) is 2.79. The highest BCUT2D eigenvalue weighted by Gasteiger charge is 2.56. The van der Waals surface area contributed by atoms with E-state index in [0.29, 0.717) is 6.54 Å². The molecule has 1 N–H and O–H groups in total. The molecule has 5 heteroatoms. The van der Waals surface area contributed by atoms with Gasteiger partial charge < -0.3 is 9.84 Å². The van der Waals surface area contributed by atoms with Crippen LogP contribution in [0.5, 0.6) is 5.75 Å². The number of amidine groups is 1. The van der Waals surface area contributed by atoms with Crippen molar-refractivity contribution in [3.05, 3.63) is 59.2 Å². The van der Waals surface area contributed by atoms with Crippen molar-refractivity contribution in [2.75, 3.05) is 30.9 Å². The molecule has 2 aromatic carbocycles. The summed E-state index contributed by atoms with van der Waals surface area (Å²) in [7, 11) is 1.69. The molecule has 1 unspecified atom stereocenters. The molecule has 2 aromatic rings. The molecule has 0 aliphatic carbocycles. The lowest BCUT2D eigenvalue weighted by molar-refractivity contribution is -0.532. The van der Waals surface area contributed by atoms with E-state index in [0.717, 1.165) is 46.4 Å². The molecule has 2 aliphatic rings. The molecule has 26 heavy (non-hydrogen) atoms. The van der Waals surface area contributed by atoms with Crippen LogP contribution in [-0.4, -0.2) is 40.8 Å². The first-order valence-corrected chi connectivity index (χ1v) is 10.0. The minimum Gasteiger partial charge on any atom is -0.492 e. The molecule has 0 saturated heterocycles. The van der Waals surface area contributed by atoms with Gasteiger partial charge in [0.2, 0.25) is 0 Å². The van der Waals surface area contributed by atoms with Gasteiger partial charge in [0.15, 0.2) is 18.0 Å². The molecule has 136 valence electrons. The van der Waals surface area contributed by atoms with Crippen molar-refractivity contribution in [2.24, 2.45) is 0 Å². The zero-order chi connectivity index (χ0) is 18.3. The van der Waals surface area contributed by atoms with Crippen LogP contribution in [0.4, 0.5) is 5.69 Å². The van der Waals surface area contributed by atoms with E-state index >= 15 is 0 Å². The molecule has 1 atom stereocenters. The number of hydrogen-bond acceptors (Lipinski definition) is 4. The molecule has 2 heterocycles. The summed E-state index contributed by atoms with van der Waals surface area (Å²) in [5.74, 6) is 1.85. The van der Waals surface area contributed by atoms with E-state index in [1.54, 1.807) is 7.11 Å². The molecule has 4 nitrogen and oxygen atoms in total. The van der Waals surface area contributed by atoms with Crippen LogP contribution in [0.2, 0.25) is 0 Å². The van der Waals surface area contributed by atoms with Gasteiger partial charge in [-0.05, 0) is 49.7 Å². The van der Waals surface area contributed by atoms with Crippen LogP contribution in [0, 0.1) is 13.8 Å². The maximum atomic E-state index is 11.9. The van der Waals surface area contributed by atoms with E-state index in [2.05, 4.69) is 41.5 Å². The van der Waals surface area contributed by atoms with E-state index in [9.17, 15) is 5.11 Å². The minimum atomic E-state index is -1.11. The van der Waals surface area contributed by atoms with Crippen LogP contribution in [0.15, 0.2) is 42.5 Å². The van der Waals surface area contributed by atoms with Crippen molar-refractivity contribution in [2.45, 2.75) is 26.0 Å². The maximum Gasteiger partial charge on any atom is 0.316 e. The Morgan fingerprint density at radius 2 is 1.85 bits per heavy atom. The molecular formula is C21H25N2O2S+. The number of rotatable bonds is 3. The highest BCUT2D eigenvalue weighted by Crippen LogP contribution is 2.43. The molecular weight excluding hydrogens is 344 g/mol. The van der Waals surface area contributed by atoms with Gasteiger partial charge in [-0.3, -0.25) is 0 Å². The number of ether oxygens (including phenoxy) is 1. The number of benzene rings is 2. The van der Waals surface area contributed by atoms with E-state index in [1.165, 1.54) is 5.56 Å². The lowest BCUT2D eigenvalue weighted by Crippen LogP contribution is -2.46. The quantitative estimate of drug-likeness (QED) is 0.841. The molecule has 0 aromatic heterocycles. The topological polar surface area (TPSA) is 35.7 Å². The Labute approximate surface area is 159 Å². The molecule has 0 radical (unpaired) electrons. The smallest absolute Gasteiger partial charge is 0.316 e. The zero-order valence-corrected chi connectivity index (χ0v) is 16.3. The monoisotopic (exact) mass is 369 g/mol.